The molecule has 0 spiro atoms. The standard InChI is InChI=1S/C6H10O4.Na/c1-5(7)10-4-2-3-6(8)9;/h2-4H2,1H3,(H,8,9);/q;+1/p-1/i3D2,4D2;. The van der Waals surface area contributed by atoms with E-state index in [1.807, 2.05) is 0 Å². The van der Waals surface area contributed by atoms with E-state index in [-0.39, 0.29) is 29.6 Å². The molecule has 58 valence electrons. The summed E-state index contributed by atoms with van der Waals surface area (Å²) in [5.74, 6) is -3.00. The molecule has 0 aliphatic carbocycles. The van der Waals surface area contributed by atoms with Gasteiger partial charge in [0.2, 0.25) is 0 Å². The summed E-state index contributed by atoms with van der Waals surface area (Å²) in [5.41, 5.74) is 0. The molecule has 0 aromatic rings. The number of hydrogen-bond acceptors (Lipinski definition) is 4. The first kappa shape index (κ1) is 6.46. The number of rotatable bonds is 4. The van der Waals surface area contributed by atoms with Crippen LogP contribution >= 0.6 is 0 Å². The van der Waals surface area contributed by atoms with E-state index >= 15 is 0 Å². The van der Waals surface area contributed by atoms with Gasteiger partial charge in [-0.3, -0.25) is 4.79 Å². The van der Waals surface area contributed by atoms with Crippen LogP contribution in [0.3, 0.4) is 0 Å². The number of ether oxygens (including phenoxy) is 1. The van der Waals surface area contributed by atoms with Crippen LogP contribution in [-0.2, 0) is 14.3 Å². The molecule has 0 radical (unpaired) electrons. The third-order valence-corrected chi connectivity index (χ3v) is 0.521. The van der Waals surface area contributed by atoms with Gasteiger partial charge < -0.3 is 14.6 Å². The van der Waals surface area contributed by atoms with Crippen LogP contribution in [-0.4, -0.2) is 18.5 Å². The van der Waals surface area contributed by atoms with Crippen molar-refractivity contribution in [1.29, 1.82) is 0 Å². The molecule has 0 aliphatic rings. The van der Waals surface area contributed by atoms with Crippen molar-refractivity contribution in [2.45, 2.75) is 19.7 Å². The molecule has 0 amide bonds. The van der Waals surface area contributed by atoms with Gasteiger partial charge in [0.05, 0.1) is 9.30 Å². The normalized spacial score (nSPS) is 16.1. The Labute approximate surface area is 92.8 Å². The van der Waals surface area contributed by atoms with E-state index in [4.69, 9.17) is 5.48 Å². The summed E-state index contributed by atoms with van der Waals surface area (Å²) >= 11 is 0. The monoisotopic (exact) mass is 172 g/mol. The van der Waals surface area contributed by atoms with Crippen molar-refractivity contribution in [2.75, 3.05) is 6.56 Å². The average molecular weight is 172 g/mol. The molecular weight excluding hydrogens is 159 g/mol. The van der Waals surface area contributed by atoms with Gasteiger partial charge in [0.15, 0.2) is 0 Å². The second-order valence-electron chi connectivity index (χ2n) is 1.38. The topological polar surface area (TPSA) is 66.4 Å². The Bertz CT molecular complexity index is 256. The molecule has 0 heterocycles. The molecule has 5 heteroatoms. The quantitative estimate of drug-likeness (QED) is 0.321. The van der Waals surface area contributed by atoms with E-state index < -0.39 is 31.3 Å². The third kappa shape index (κ3) is 13.0. The molecule has 4 nitrogen and oxygen atoms in total. The van der Waals surface area contributed by atoms with Crippen molar-refractivity contribution in [3.63, 3.8) is 0 Å². The average Bonchev–Trinajstić information content (AvgIpc) is 1.79. The molecule has 0 atom stereocenters. The van der Waals surface area contributed by atoms with Gasteiger partial charge in [-0.25, -0.2) is 0 Å². The number of carbonyl (C=O) groups is 2. The molecule has 0 unspecified atom stereocenters. The van der Waals surface area contributed by atoms with Gasteiger partial charge in [0.25, 0.3) is 0 Å². The summed E-state index contributed by atoms with van der Waals surface area (Å²) in [6, 6.07) is 0. The van der Waals surface area contributed by atoms with E-state index in [0.29, 0.717) is 0 Å². The zero-order chi connectivity index (χ0) is 11.6. The first-order chi connectivity index (χ1) is 6.07. The summed E-state index contributed by atoms with van der Waals surface area (Å²) in [6.45, 7) is -1.72. The number of aliphatic carboxylic acids is 1. The molecule has 0 saturated carbocycles. The van der Waals surface area contributed by atoms with E-state index in [1.54, 1.807) is 0 Å². The van der Waals surface area contributed by atoms with E-state index in [2.05, 4.69) is 4.74 Å². The smallest absolute Gasteiger partial charge is 0.550 e. The number of hydrogen-bond donors (Lipinski definition) is 0. The summed E-state index contributed by atoms with van der Waals surface area (Å²) in [7, 11) is 0. The van der Waals surface area contributed by atoms with Gasteiger partial charge in [-0.15, -0.1) is 0 Å². The van der Waals surface area contributed by atoms with Crippen LogP contribution in [0.2, 0.25) is 0 Å². The van der Waals surface area contributed by atoms with Crippen molar-refractivity contribution in [3.05, 3.63) is 0 Å². The number of carbonyl (C=O) groups excluding carboxylic acids is 2. The van der Waals surface area contributed by atoms with Crippen molar-refractivity contribution >= 4 is 11.9 Å². The molecule has 0 saturated heterocycles. The zero-order valence-corrected chi connectivity index (χ0v) is 8.34. The maximum Gasteiger partial charge on any atom is 1.00 e. The first-order valence-corrected chi connectivity index (χ1v) is 2.48. The fourth-order valence-electron chi connectivity index (χ4n) is 0.246. The molecule has 0 fully saturated rings. The van der Waals surface area contributed by atoms with Gasteiger partial charge in [-0.1, -0.05) is 0 Å². The van der Waals surface area contributed by atoms with Crippen LogP contribution in [0.25, 0.3) is 0 Å². The Kier molecular flexibility index (Phi) is 4.72. The molecule has 0 aromatic carbocycles. The first-order valence-electron chi connectivity index (χ1n) is 4.48. The second kappa shape index (κ2) is 8.04. The van der Waals surface area contributed by atoms with Gasteiger partial charge in [-0.05, 0) is 12.8 Å². The molecule has 0 N–H and O–H groups in total. The van der Waals surface area contributed by atoms with Crippen LogP contribution in [0.5, 0.6) is 0 Å². The predicted molar refractivity (Wildman–Crippen MR) is 30.9 cm³/mol. The minimum Gasteiger partial charge on any atom is -0.550 e. The van der Waals surface area contributed by atoms with Crippen LogP contribution in [0.4, 0.5) is 0 Å². The summed E-state index contributed by atoms with van der Waals surface area (Å²) in [5, 5.41) is 10.2. The Morgan fingerprint density at radius 3 is 2.55 bits per heavy atom. The van der Waals surface area contributed by atoms with Gasteiger partial charge in [-0.2, -0.15) is 0 Å². The SMILES string of the molecule is [2H]C([2H])(CC([2H])([2H])C(=O)[O-])OC(C)=O.[Na+]. The van der Waals surface area contributed by atoms with Gasteiger partial charge in [0, 0.05) is 15.6 Å². The summed E-state index contributed by atoms with van der Waals surface area (Å²) < 4.78 is 31.8. The summed E-state index contributed by atoms with van der Waals surface area (Å²) in [6.07, 6.45) is -3.99. The summed E-state index contributed by atoms with van der Waals surface area (Å²) in [4.78, 5) is 20.6. The maximum atomic E-state index is 10.4. The zero-order valence-electron chi connectivity index (χ0n) is 10.3. The van der Waals surface area contributed by atoms with E-state index in [9.17, 15) is 14.7 Å². The van der Waals surface area contributed by atoms with Crippen LogP contribution in [0, 0.1) is 0 Å². The van der Waals surface area contributed by atoms with Crippen molar-refractivity contribution in [2.24, 2.45) is 0 Å². The maximum absolute atomic E-state index is 10.4. The Morgan fingerprint density at radius 1 is 1.64 bits per heavy atom. The number of carboxylic acid groups (broad SMARTS) is 1. The fourth-order valence-corrected chi connectivity index (χ4v) is 0.246. The minimum absolute atomic E-state index is 0. The minimum atomic E-state index is -2.88. The van der Waals surface area contributed by atoms with Crippen molar-refractivity contribution in [3.8, 4) is 0 Å². The molecular formula is C6H9NaO4. The van der Waals surface area contributed by atoms with Crippen LogP contribution in [0.15, 0.2) is 0 Å². The molecule has 0 aromatic heterocycles. The predicted octanol–water partition coefficient (Wildman–Crippen LogP) is -3.92. The molecule has 11 heavy (non-hydrogen) atoms. The molecule has 0 bridgehead atoms. The van der Waals surface area contributed by atoms with Crippen molar-refractivity contribution in [1.82, 2.24) is 0 Å². The van der Waals surface area contributed by atoms with Crippen molar-refractivity contribution < 1.29 is 54.5 Å². The third-order valence-electron chi connectivity index (χ3n) is 0.521. The van der Waals surface area contributed by atoms with E-state index in [0.717, 1.165) is 6.92 Å². The van der Waals surface area contributed by atoms with Gasteiger partial charge in [0.1, 0.15) is 0 Å². The second-order valence-corrected chi connectivity index (χ2v) is 1.38. The Balaban J connectivity index is 0. The molecule has 0 rings (SSSR count). The van der Waals surface area contributed by atoms with Gasteiger partial charge >= 0.3 is 35.5 Å². The number of esters is 1. The van der Waals surface area contributed by atoms with Crippen LogP contribution < -0.4 is 34.7 Å². The van der Waals surface area contributed by atoms with Crippen LogP contribution in [0.1, 0.15) is 25.2 Å². The molecule has 0 aliphatic heterocycles. The largest absolute Gasteiger partial charge is 1.00 e. The Hall–Kier alpha value is -0.0600. The number of carboxylic acids is 1. The Morgan fingerprint density at radius 2 is 2.18 bits per heavy atom. The fraction of sp³-hybridized carbons (Fsp3) is 0.667. The van der Waals surface area contributed by atoms with E-state index in [1.165, 1.54) is 0 Å².